The molecule has 1 aromatic carbocycles. The molecule has 102 valence electrons. The number of hydrogen-bond acceptors (Lipinski definition) is 3. The van der Waals surface area contributed by atoms with Gasteiger partial charge < -0.3 is 15.1 Å². The van der Waals surface area contributed by atoms with E-state index in [2.05, 4.69) is 0 Å². The third-order valence-electron chi connectivity index (χ3n) is 1.52. The summed E-state index contributed by atoms with van der Waals surface area (Å²) in [5.41, 5.74) is -2.60. The molecule has 0 saturated heterocycles. The predicted molar refractivity (Wildman–Crippen MR) is 48.9 cm³/mol. The highest BCUT2D eigenvalue weighted by molar-refractivity contribution is 6.30. The molecule has 0 fully saturated rings. The van der Waals surface area contributed by atoms with Gasteiger partial charge in [-0.3, -0.25) is 0 Å². The first-order valence-corrected chi connectivity index (χ1v) is 4.23. The van der Waals surface area contributed by atoms with Gasteiger partial charge in [0.15, 0.2) is 0 Å². The van der Waals surface area contributed by atoms with Gasteiger partial charge in [-0.25, -0.2) is 0 Å². The van der Waals surface area contributed by atoms with Crippen LogP contribution in [0.25, 0.3) is 0 Å². The Morgan fingerprint density at radius 3 is 1.28 bits per heavy atom. The van der Waals surface area contributed by atoms with E-state index in [-0.39, 0.29) is 6.07 Å². The topological polar surface area (TPSA) is 60.7 Å². The van der Waals surface area contributed by atoms with Crippen molar-refractivity contribution in [1.82, 2.24) is 0 Å². The molecular formula is C8H7BF6O3. The van der Waals surface area contributed by atoms with Crippen molar-refractivity contribution in [3.05, 3.63) is 35.4 Å². The normalized spacial score (nSPS) is 11.6. The van der Waals surface area contributed by atoms with Crippen LogP contribution in [0.1, 0.15) is 11.1 Å². The van der Waals surface area contributed by atoms with E-state index in [1.54, 1.807) is 0 Å². The van der Waals surface area contributed by atoms with Crippen molar-refractivity contribution in [3.63, 3.8) is 0 Å². The van der Waals surface area contributed by atoms with Gasteiger partial charge in [0.1, 0.15) is 0 Å². The van der Waals surface area contributed by atoms with Crippen molar-refractivity contribution in [2.45, 2.75) is 12.4 Å². The average molecular weight is 276 g/mol. The SMILES string of the molecule is FC(F)(F)c1cccc(C(F)(F)F)c1.OB(O)O. The van der Waals surface area contributed by atoms with Gasteiger partial charge in [0, 0.05) is 0 Å². The first-order chi connectivity index (χ1) is 7.94. The molecule has 10 heteroatoms. The van der Waals surface area contributed by atoms with E-state index in [1.807, 2.05) is 0 Å². The Kier molecular flexibility index (Phi) is 5.65. The molecule has 18 heavy (non-hydrogen) atoms. The van der Waals surface area contributed by atoms with Crippen LogP contribution in [0.15, 0.2) is 24.3 Å². The molecule has 0 spiro atoms. The third-order valence-corrected chi connectivity index (χ3v) is 1.52. The molecule has 1 rings (SSSR count). The fraction of sp³-hybridized carbons (Fsp3) is 0.250. The molecule has 0 radical (unpaired) electrons. The summed E-state index contributed by atoms with van der Waals surface area (Å²) in [7, 11) is -2.17. The molecule has 0 saturated carbocycles. The van der Waals surface area contributed by atoms with Crippen LogP contribution in [0.4, 0.5) is 26.3 Å². The highest BCUT2D eigenvalue weighted by atomic mass is 19.4. The van der Waals surface area contributed by atoms with E-state index in [1.165, 1.54) is 0 Å². The minimum atomic E-state index is -4.75. The second-order valence-electron chi connectivity index (χ2n) is 2.92. The van der Waals surface area contributed by atoms with Crippen molar-refractivity contribution in [2.75, 3.05) is 0 Å². The molecular weight excluding hydrogens is 269 g/mol. The quantitative estimate of drug-likeness (QED) is 0.499. The van der Waals surface area contributed by atoms with Crippen LogP contribution in [0.5, 0.6) is 0 Å². The summed E-state index contributed by atoms with van der Waals surface area (Å²) in [6.45, 7) is 0. The van der Waals surface area contributed by atoms with Crippen molar-refractivity contribution < 1.29 is 41.4 Å². The highest BCUT2D eigenvalue weighted by Gasteiger charge is 2.35. The second-order valence-corrected chi connectivity index (χ2v) is 2.92. The molecule has 3 nitrogen and oxygen atoms in total. The second kappa shape index (κ2) is 6.07. The van der Waals surface area contributed by atoms with E-state index >= 15 is 0 Å². The molecule has 0 bridgehead atoms. The number of hydrogen-bond donors (Lipinski definition) is 3. The number of rotatable bonds is 0. The highest BCUT2D eigenvalue weighted by Crippen LogP contribution is 2.34. The van der Waals surface area contributed by atoms with Gasteiger partial charge in [0.05, 0.1) is 11.1 Å². The maximum absolute atomic E-state index is 12.0. The van der Waals surface area contributed by atoms with Crippen LogP contribution in [0.3, 0.4) is 0 Å². The van der Waals surface area contributed by atoms with Crippen LogP contribution in [0, 0.1) is 0 Å². The van der Waals surface area contributed by atoms with E-state index in [0.717, 1.165) is 6.07 Å². The third kappa shape index (κ3) is 6.47. The Hall–Kier alpha value is -1.26. The Balaban J connectivity index is 0.000000631. The minimum absolute atomic E-state index is 0.0833. The first kappa shape index (κ1) is 16.7. The van der Waals surface area contributed by atoms with Crippen molar-refractivity contribution in [1.29, 1.82) is 0 Å². The van der Waals surface area contributed by atoms with Crippen molar-refractivity contribution in [3.8, 4) is 0 Å². The Morgan fingerprint density at radius 1 is 0.778 bits per heavy atom. The molecule has 0 heterocycles. The fourth-order valence-corrected chi connectivity index (χ4v) is 0.872. The van der Waals surface area contributed by atoms with E-state index in [9.17, 15) is 26.3 Å². The lowest BCUT2D eigenvalue weighted by Gasteiger charge is -2.10. The molecule has 0 atom stereocenters. The standard InChI is InChI=1S/C8H4F6.BH3O3/c9-7(10,11)5-2-1-3-6(4-5)8(12,13)14;2-1(3)4/h1-4H;2-4H. The summed E-state index contributed by atoms with van der Waals surface area (Å²) in [4.78, 5) is 0. The number of alkyl halides is 6. The lowest BCUT2D eigenvalue weighted by atomic mass is 10.1. The van der Waals surface area contributed by atoms with E-state index < -0.39 is 30.8 Å². The minimum Gasteiger partial charge on any atom is -0.402 e. The molecule has 1 aromatic rings. The van der Waals surface area contributed by atoms with Gasteiger partial charge in [-0.05, 0) is 18.2 Å². The Labute approximate surface area is 97.5 Å². The summed E-state index contributed by atoms with van der Waals surface area (Å²) in [5, 5.41) is 21.5. The lowest BCUT2D eigenvalue weighted by Crippen LogP contribution is -2.09. The Bertz CT molecular complexity index is 344. The zero-order chi connectivity index (χ0) is 14.6. The Morgan fingerprint density at radius 2 is 1.06 bits per heavy atom. The number of benzene rings is 1. The summed E-state index contributed by atoms with van der Waals surface area (Å²) in [6, 6.07) is 2.00. The van der Waals surface area contributed by atoms with Gasteiger partial charge >= 0.3 is 19.7 Å². The molecule has 0 aromatic heterocycles. The van der Waals surface area contributed by atoms with Gasteiger partial charge in [0.25, 0.3) is 0 Å². The van der Waals surface area contributed by atoms with Gasteiger partial charge in [-0.2, -0.15) is 26.3 Å². The smallest absolute Gasteiger partial charge is 0.402 e. The van der Waals surface area contributed by atoms with Gasteiger partial charge in [-0.15, -0.1) is 0 Å². The van der Waals surface area contributed by atoms with Crippen LogP contribution in [-0.2, 0) is 12.4 Å². The van der Waals surface area contributed by atoms with Gasteiger partial charge in [-0.1, -0.05) is 6.07 Å². The summed E-state index contributed by atoms with van der Waals surface area (Å²) in [6.07, 6.45) is -9.50. The molecule has 0 unspecified atom stereocenters. The fourth-order valence-electron chi connectivity index (χ4n) is 0.872. The van der Waals surface area contributed by atoms with Crippen LogP contribution >= 0.6 is 0 Å². The molecule has 0 aliphatic heterocycles. The van der Waals surface area contributed by atoms with Crippen LogP contribution < -0.4 is 0 Å². The van der Waals surface area contributed by atoms with Gasteiger partial charge in [0.2, 0.25) is 0 Å². The van der Waals surface area contributed by atoms with Crippen LogP contribution in [-0.4, -0.2) is 22.4 Å². The van der Waals surface area contributed by atoms with E-state index in [4.69, 9.17) is 15.1 Å². The van der Waals surface area contributed by atoms with Crippen molar-refractivity contribution in [2.24, 2.45) is 0 Å². The zero-order valence-electron chi connectivity index (χ0n) is 8.50. The summed E-state index contributed by atoms with van der Waals surface area (Å²) < 4.78 is 71.9. The monoisotopic (exact) mass is 276 g/mol. The maximum Gasteiger partial charge on any atom is 0.631 e. The molecule has 0 aliphatic carbocycles. The summed E-state index contributed by atoms with van der Waals surface area (Å²) in [5.74, 6) is 0. The van der Waals surface area contributed by atoms with Crippen molar-refractivity contribution >= 4 is 7.32 Å². The number of halogens is 6. The molecule has 0 amide bonds. The first-order valence-electron chi connectivity index (χ1n) is 4.23. The van der Waals surface area contributed by atoms with Crippen LogP contribution in [0.2, 0.25) is 0 Å². The summed E-state index contributed by atoms with van der Waals surface area (Å²) >= 11 is 0. The lowest BCUT2D eigenvalue weighted by molar-refractivity contribution is -0.143. The predicted octanol–water partition coefficient (Wildman–Crippen LogP) is 1.67. The molecule has 3 N–H and O–H groups in total. The molecule has 0 aliphatic rings. The largest absolute Gasteiger partial charge is 0.631 e. The zero-order valence-corrected chi connectivity index (χ0v) is 8.50. The average Bonchev–Trinajstić information content (AvgIpc) is 2.14. The maximum atomic E-state index is 12.0. The van der Waals surface area contributed by atoms with E-state index in [0.29, 0.717) is 12.1 Å².